The van der Waals surface area contributed by atoms with E-state index in [1.807, 2.05) is 12.1 Å². The maximum Gasteiger partial charge on any atom is 0.288 e. The first-order valence-corrected chi connectivity index (χ1v) is 5.29. The molecule has 0 aliphatic rings. The minimum absolute atomic E-state index is 0.0673. The second kappa shape index (κ2) is 3.79. The normalized spacial score (nSPS) is 10.5. The lowest BCUT2D eigenvalue weighted by atomic mass is 10.1. The van der Waals surface area contributed by atoms with Gasteiger partial charge in [-0.2, -0.15) is 0 Å². The number of halogens is 2. The van der Waals surface area contributed by atoms with Crippen LogP contribution < -0.4 is 0 Å². The van der Waals surface area contributed by atoms with Crippen LogP contribution in [0.1, 0.15) is 0 Å². The Labute approximate surface area is 98.9 Å². The van der Waals surface area contributed by atoms with Crippen LogP contribution in [0, 0.1) is 10.1 Å². The second-order valence-electron chi connectivity index (χ2n) is 3.02. The first kappa shape index (κ1) is 10.4. The first-order valence-electron chi connectivity index (χ1n) is 4.12. The van der Waals surface area contributed by atoms with E-state index in [2.05, 4.69) is 15.9 Å². The molecule has 0 spiro atoms. The number of hydrogen-bond donors (Lipinski definition) is 0. The quantitative estimate of drug-likeness (QED) is 0.583. The Kier molecular flexibility index (Phi) is 2.63. The topological polar surface area (TPSA) is 43.1 Å². The Morgan fingerprint density at radius 2 is 1.93 bits per heavy atom. The fraction of sp³-hybridized carbons (Fsp3) is 0. The predicted octanol–water partition coefficient (Wildman–Crippen LogP) is 4.16. The predicted molar refractivity (Wildman–Crippen MR) is 63.3 cm³/mol. The molecule has 2 aromatic carbocycles. The molecule has 0 bridgehead atoms. The van der Waals surface area contributed by atoms with E-state index in [0.717, 1.165) is 9.86 Å². The summed E-state index contributed by atoms with van der Waals surface area (Å²) in [6.45, 7) is 0. The van der Waals surface area contributed by atoms with Gasteiger partial charge < -0.3 is 0 Å². The minimum atomic E-state index is -0.483. The Balaban J connectivity index is 2.82. The molecule has 0 aliphatic carbocycles. The van der Waals surface area contributed by atoms with E-state index in [1.54, 1.807) is 12.1 Å². The van der Waals surface area contributed by atoms with E-state index in [-0.39, 0.29) is 10.7 Å². The van der Waals surface area contributed by atoms with Crippen LogP contribution in [0.3, 0.4) is 0 Å². The molecule has 2 rings (SSSR count). The molecule has 5 heteroatoms. The molecule has 2 aromatic rings. The molecule has 0 saturated heterocycles. The number of benzene rings is 2. The highest BCUT2D eigenvalue weighted by molar-refractivity contribution is 9.10. The zero-order valence-corrected chi connectivity index (χ0v) is 9.75. The fourth-order valence-corrected chi connectivity index (χ4v) is 2.04. The van der Waals surface area contributed by atoms with Crippen molar-refractivity contribution in [3.05, 3.63) is 49.9 Å². The van der Waals surface area contributed by atoms with Crippen LogP contribution in [0.25, 0.3) is 10.8 Å². The molecule has 0 saturated carbocycles. The SMILES string of the molecule is O=[N+]([O-])c1ccc2ccc(Br)cc2c1Cl. The highest BCUT2D eigenvalue weighted by Gasteiger charge is 2.14. The van der Waals surface area contributed by atoms with Crippen molar-refractivity contribution in [2.75, 3.05) is 0 Å². The molecule has 0 fully saturated rings. The molecule has 0 atom stereocenters. The van der Waals surface area contributed by atoms with Gasteiger partial charge in [-0.15, -0.1) is 0 Å². The fourth-order valence-electron chi connectivity index (χ4n) is 1.38. The number of rotatable bonds is 1. The summed E-state index contributed by atoms with van der Waals surface area (Å²) in [5.74, 6) is 0. The Morgan fingerprint density at radius 3 is 2.60 bits per heavy atom. The summed E-state index contributed by atoms with van der Waals surface area (Å²) in [6, 6.07) is 8.59. The van der Waals surface area contributed by atoms with Crippen molar-refractivity contribution >= 4 is 44.0 Å². The lowest BCUT2D eigenvalue weighted by Gasteiger charge is -2.01. The van der Waals surface area contributed by atoms with Crippen molar-refractivity contribution in [3.8, 4) is 0 Å². The van der Waals surface area contributed by atoms with Crippen LogP contribution in [0.4, 0.5) is 5.69 Å². The molecule has 76 valence electrons. The minimum Gasteiger partial charge on any atom is -0.258 e. The van der Waals surface area contributed by atoms with E-state index >= 15 is 0 Å². The van der Waals surface area contributed by atoms with Gasteiger partial charge in [0.1, 0.15) is 5.02 Å². The van der Waals surface area contributed by atoms with Gasteiger partial charge in [-0.3, -0.25) is 10.1 Å². The number of hydrogen-bond acceptors (Lipinski definition) is 2. The third-order valence-electron chi connectivity index (χ3n) is 2.09. The van der Waals surface area contributed by atoms with Gasteiger partial charge in [-0.25, -0.2) is 0 Å². The zero-order chi connectivity index (χ0) is 11.0. The van der Waals surface area contributed by atoms with Crippen molar-refractivity contribution in [2.24, 2.45) is 0 Å². The average molecular weight is 287 g/mol. The van der Waals surface area contributed by atoms with E-state index in [1.165, 1.54) is 6.07 Å². The summed E-state index contributed by atoms with van der Waals surface area (Å²) in [7, 11) is 0. The molecule has 0 aliphatic heterocycles. The number of nitro benzene ring substituents is 1. The largest absolute Gasteiger partial charge is 0.288 e. The van der Waals surface area contributed by atoms with Crippen molar-refractivity contribution in [3.63, 3.8) is 0 Å². The van der Waals surface area contributed by atoms with Gasteiger partial charge in [0.25, 0.3) is 5.69 Å². The van der Waals surface area contributed by atoms with Crippen LogP contribution in [-0.2, 0) is 0 Å². The van der Waals surface area contributed by atoms with Crippen LogP contribution >= 0.6 is 27.5 Å². The third-order valence-corrected chi connectivity index (χ3v) is 2.98. The maximum absolute atomic E-state index is 10.7. The Bertz CT molecular complexity index is 556. The molecule has 0 unspecified atom stereocenters. The highest BCUT2D eigenvalue weighted by Crippen LogP contribution is 2.33. The smallest absolute Gasteiger partial charge is 0.258 e. The van der Waals surface area contributed by atoms with E-state index in [9.17, 15) is 10.1 Å². The third kappa shape index (κ3) is 1.82. The summed E-state index contributed by atoms with van der Waals surface area (Å²) in [4.78, 5) is 10.2. The number of nitro groups is 1. The molecule has 0 radical (unpaired) electrons. The van der Waals surface area contributed by atoms with Gasteiger partial charge >= 0.3 is 0 Å². The molecule has 0 heterocycles. The lowest BCUT2D eigenvalue weighted by molar-refractivity contribution is -0.384. The van der Waals surface area contributed by atoms with Crippen molar-refractivity contribution in [1.82, 2.24) is 0 Å². The zero-order valence-electron chi connectivity index (χ0n) is 7.41. The summed E-state index contributed by atoms with van der Waals surface area (Å²) in [5.41, 5.74) is -0.0673. The van der Waals surface area contributed by atoms with Gasteiger partial charge in [-0.1, -0.05) is 33.6 Å². The molecule has 0 aromatic heterocycles. The average Bonchev–Trinajstić information content (AvgIpc) is 2.19. The molecular formula is C10H5BrClNO2. The molecule has 0 N–H and O–H groups in total. The highest BCUT2D eigenvalue weighted by atomic mass is 79.9. The van der Waals surface area contributed by atoms with Gasteiger partial charge in [0, 0.05) is 15.9 Å². The van der Waals surface area contributed by atoms with Crippen molar-refractivity contribution in [1.29, 1.82) is 0 Å². The van der Waals surface area contributed by atoms with Gasteiger partial charge in [0.05, 0.1) is 4.92 Å². The lowest BCUT2D eigenvalue weighted by Crippen LogP contribution is -1.89. The number of nitrogens with zero attached hydrogens (tertiary/aromatic N) is 1. The maximum atomic E-state index is 10.7. The van der Waals surface area contributed by atoms with Crippen LogP contribution in [0.15, 0.2) is 34.8 Å². The summed E-state index contributed by atoms with van der Waals surface area (Å²) >= 11 is 9.25. The van der Waals surface area contributed by atoms with E-state index in [0.29, 0.717) is 5.39 Å². The molecular weight excluding hydrogens is 281 g/mol. The molecule has 0 amide bonds. The number of fused-ring (bicyclic) bond motifs is 1. The van der Waals surface area contributed by atoms with Gasteiger partial charge in [0.15, 0.2) is 0 Å². The van der Waals surface area contributed by atoms with E-state index < -0.39 is 4.92 Å². The van der Waals surface area contributed by atoms with Crippen molar-refractivity contribution < 1.29 is 4.92 Å². The van der Waals surface area contributed by atoms with Crippen molar-refractivity contribution in [2.45, 2.75) is 0 Å². The summed E-state index contributed by atoms with van der Waals surface area (Å²) in [5, 5.41) is 12.4. The van der Waals surface area contributed by atoms with Crippen LogP contribution in [-0.4, -0.2) is 4.92 Å². The van der Waals surface area contributed by atoms with E-state index in [4.69, 9.17) is 11.6 Å². The summed E-state index contributed by atoms with van der Waals surface area (Å²) in [6.07, 6.45) is 0. The van der Waals surface area contributed by atoms with Gasteiger partial charge in [-0.05, 0) is 23.6 Å². The second-order valence-corrected chi connectivity index (χ2v) is 4.31. The van der Waals surface area contributed by atoms with Gasteiger partial charge in [0.2, 0.25) is 0 Å². The standard InChI is InChI=1S/C10H5BrClNO2/c11-7-3-1-6-2-4-9(13(14)15)10(12)8(6)5-7/h1-5H. The Hall–Kier alpha value is -1.13. The first-order chi connectivity index (χ1) is 7.09. The van der Waals surface area contributed by atoms with Crippen LogP contribution in [0.5, 0.6) is 0 Å². The molecule has 15 heavy (non-hydrogen) atoms. The monoisotopic (exact) mass is 285 g/mol. The van der Waals surface area contributed by atoms with Crippen LogP contribution in [0.2, 0.25) is 5.02 Å². The summed E-state index contributed by atoms with van der Waals surface area (Å²) < 4.78 is 0.845. The Morgan fingerprint density at radius 1 is 1.27 bits per heavy atom. The molecule has 3 nitrogen and oxygen atoms in total.